The summed E-state index contributed by atoms with van der Waals surface area (Å²) in [5, 5.41) is 18.0. The fourth-order valence-electron chi connectivity index (χ4n) is 1.69. The number of ether oxygens (including phenoxy) is 2. The van der Waals surface area contributed by atoms with Gasteiger partial charge >= 0.3 is 5.97 Å². The van der Waals surface area contributed by atoms with Gasteiger partial charge in [0, 0.05) is 0 Å². The molecule has 2 saturated heterocycles. The van der Waals surface area contributed by atoms with Gasteiger partial charge in [-0.2, -0.15) is 0 Å². The highest BCUT2D eigenvalue weighted by atomic mass is 16.6. The first-order chi connectivity index (χ1) is 5.70. The third-order valence-corrected chi connectivity index (χ3v) is 2.34. The van der Waals surface area contributed by atoms with E-state index in [4.69, 9.17) is 14.6 Å². The van der Waals surface area contributed by atoms with Crippen molar-refractivity contribution in [1.29, 1.82) is 0 Å². The number of aliphatic hydroxyl groups is 1. The molecule has 12 heavy (non-hydrogen) atoms. The average molecular weight is 174 g/mol. The smallest absolute Gasteiger partial charge is 0.311 e. The molecule has 0 aromatic carbocycles. The van der Waals surface area contributed by atoms with Gasteiger partial charge in [0.2, 0.25) is 0 Å². The van der Waals surface area contributed by atoms with Gasteiger partial charge in [-0.3, -0.25) is 4.79 Å². The van der Waals surface area contributed by atoms with Crippen LogP contribution in [0.5, 0.6) is 0 Å². The molecule has 2 aliphatic heterocycles. The van der Waals surface area contributed by atoms with Crippen molar-refractivity contribution >= 4 is 5.97 Å². The van der Waals surface area contributed by atoms with Gasteiger partial charge in [0.25, 0.3) is 0 Å². The monoisotopic (exact) mass is 174 g/mol. The second kappa shape index (κ2) is 2.69. The van der Waals surface area contributed by atoms with Crippen molar-refractivity contribution < 1.29 is 24.5 Å². The molecule has 0 bridgehead atoms. The zero-order chi connectivity index (χ0) is 8.72. The van der Waals surface area contributed by atoms with Crippen LogP contribution in [0.3, 0.4) is 0 Å². The molecule has 2 rings (SSSR count). The fourth-order valence-corrected chi connectivity index (χ4v) is 1.69. The highest BCUT2D eigenvalue weighted by Crippen LogP contribution is 2.30. The summed E-state index contributed by atoms with van der Waals surface area (Å²) in [6, 6.07) is 0. The number of hydrogen-bond donors (Lipinski definition) is 2. The van der Waals surface area contributed by atoms with Crippen LogP contribution >= 0.6 is 0 Å². The van der Waals surface area contributed by atoms with Crippen molar-refractivity contribution in [3.63, 3.8) is 0 Å². The molecule has 0 amide bonds. The lowest BCUT2D eigenvalue weighted by Gasteiger charge is -2.10. The van der Waals surface area contributed by atoms with Gasteiger partial charge in [-0.05, 0) is 0 Å². The number of fused-ring (bicyclic) bond motifs is 1. The van der Waals surface area contributed by atoms with E-state index < -0.39 is 30.2 Å². The number of rotatable bonds is 1. The first kappa shape index (κ1) is 7.97. The Hall–Kier alpha value is -0.650. The van der Waals surface area contributed by atoms with E-state index in [0.717, 1.165) is 0 Å². The van der Waals surface area contributed by atoms with Gasteiger partial charge in [0.1, 0.15) is 24.2 Å². The fraction of sp³-hybridized carbons (Fsp3) is 0.857. The van der Waals surface area contributed by atoms with Crippen LogP contribution in [0.25, 0.3) is 0 Å². The maximum atomic E-state index is 10.6. The van der Waals surface area contributed by atoms with Gasteiger partial charge in [-0.1, -0.05) is 0 Å². The summed E-state index contributed by atoms with van der Waals surface area (Å²) >= 11 is 0. The normalized spacial score (nSPS) is 46.1. The van der Waals surface area contributed by atoms with E-state index in [2.05, 4.69) is 0 Å². The Kier molecular flexibility index (Phi) is 1.79. The Labute approximate surface area is 68.9 Å². The van der Waals surface area contributed by atoms with Crippen LogP contribution in [-0.2, 0) is 14.3 Å². The van der Waals surface area contributed by atoms with Crippen molar-refractivity contribution in [3.05, 3.63) is 0 Å². The molecule has 0 saturated carbocycles. The van der Waals surface area contributed by atoms with Crippen LogP contribution in [0.2, 0.25) is 0 Å². The molecule has 0 radical (unpaired) electrons. The predicted octanol–water partition coefficient (Wildman–Crippen LogP) is -1.15. The Morgan fingerprint density at radius 2 is 1.92 bits per heavy atom. The SMILES string of the molecule is O=C(O)[C@@H]1CO[C@H]2[C@@H]1OC[C@@H]2O. The first-order valence-corrected chi connectivity index (χ1v) is 3.84. The predicted molar refractivity (Wildman–Crippen MR) is 36.6 cm³/mol. The summed E-state index contributed by atoms with van der Waals surface area (Å²) < 4.78 is 10.2. The quantitative estimate of drug-likeness (QED) is 0.524. The van der Waals surface area contributed by atoms with Crippen LogP contribution in [-0.4, -0.2) is 47.7 Å². The molecule has 2 N–H and O–H groups in total. The van der Waals surface area contributed by atoms with E-state index >= 15 is 0 Å². The molecule has 4 atom stereocenters. The third-order valence-electron chi connectivity index (χ3n) is 2.34. The molecule has 68 valence electrons. The van der Waals surface area contributed by atoms with Gasteiger partial charge in [-0.25, -0.2) is 0 Å². The maximum Gasteiger partial charge on any atom is 0.311 e. The molecule has 5 nitrogen and oxygen atoms in total. The Morgan fingerprint density at radius 1 is 1.25 bits per heavy atom. The number of aliphatic hydroxyl groups excluding tert-OH is 1. The number of carboxylic acid groups (broad SMARTS) is 1. The highest BCUT2D eigenvalue weighted by Gasteiger charge is 2.49. The molecule has 0 aromatic rings. The van der Waals surface area contributed by atoms with Gasteiger partial charge in [0.15, 0.2) is 0 Å². The summed E-state index contributed by atoms with van der Waals surface area (Å²) in [6.07, 6.45) is -1.57. The minimum Gasteiger partial charge on any atom is -0.481 e. The Morgan fingerprint density at radius 3 is 2.58 bits per heavy atom. The number of hydrogen-bond acceptors (Lipinski definition) is 4. The number of carbonyl (C=O) groups is 1. The summed E-state index contributed by atoms with van der Waals surface area (Å²) in [6.45, 7) is 0.320. The Bertz CT molecular complexity index is 204. The van der Waals surface area contributed by atoms with Crippen LogP contribution in [0.4, 0.5) is 0 Å². The minimum atomic E-state index is -0.920. The van der Waals surface area contributed by atoms with Crippen molar-refractivity contribution in [2.45, 2.75) is 18.3 Å². The summed E-state index contributed by atoms with van der Waals surface area (Å²) in [5.41, 5.74) is 0. The van der Waals surface area contributed by atoms with E-state index in [1.54, 1.807) is 0 Å². The first-order valence-electron chi connectivity index (χ1n) is 3.84. The lowest BCUT2D eigenvalue weighted by molar-refractivity contribution is -0.144. The number of aliphatic carboxylic acids is 1. The van der Waals surface area contributed by atoms with Gasteiger partial charge in [-0.15, -0.1) is 0 Å². The standard InChI is InChI=1S/C7H10O5/c8-4-2-12-5-3(7(9)10)1-11-6(4)5/h3-6,8H,1-2H2,(H,9,10)/t3-,4+,5-,6-/m1/s1. The van der Waals surface area contributed by atoms with E-state index in [1.165, 1.54) is 0 Å². The average Bonchev–Trinajstić information content (AvgIpc) is 2.53. The molecule has 2 aliphatic rings. The van der Waals surface area contributed by atoms with E-state index in [9.17, 15) is 9.90 Å². The molecule has 2 fully saturated rings. The maximum absolute atomic E-state index is 10.6. The van der Waals surface area contributed by atoms with Crippen LogP contribution in [0, 0.1) is 5.92 Å². The van der Waals surface area contributed by atoms with Crippen LogP contribution < -0.4 is 0 Å². The van der Waals surface area contributed by atoms with Crippen molar-refractivity contribution in [2.24, 2.45) is 5.92 Å². The lowest BCUT2D eigenvalue weighted by Crippen LogP contribution is -2.31. The second-order valence-corrected chi connectivity index (χ2v) is 3.11. The molecule has 0 unspecified atom stereocenters. The van der Waals surface area contributed by atoms with Crippen molar-refractivity contribution in [1.82, 2.24) is 0 Å². The zero-order valence-corrected chi connectivity index (χ0v) is 6.34. The Balaban J connectivity index is 2.10. The van der Waals surface area contributed by atoms with Crippen LogP contribution in [0.15, 0.2) is 0 Å². The van der Waals surface area contributed by atoms with Crippen molar-refractivity contribution in [2.75, 3.05) is 13.2 Å². The minimum absolute atomic E-state index is 0.141. The summed E-state index contributed by atoms with van der Waals surface area (Å²) in [5.74, 6) is -1.54. The molecular formula is C7H10O5. The molecule has 0 aromatic heterocycles. The molecule has 0 aliphatic carbocycles. The number of carboxylic acids is 1. The third kappa shape index (κ3) is 1.01. The van der Waals surface area contributed by atoms with E-state index in [1.807, 2.05) is 0 Å². The topological polar surface area (TPSA) is 76.0 Å². The second-order valence-electron chi connectivity index (χ2n) is 3.11. The van der Waals surface area contributed by atoms with Crippen LogP contribution in [0.1, 0.15) is 0 Å². The van der Waals surface area contributed by atoms with Gasteiger partial charge in [0.05, 0.1) is 13.2 Å². The van der Waals surface area contributed by atoms with E-state index in [0.29, 0.717) is 0 Å². The van der Waals surface area contributed by atoms with Crippen molar-refractivity contribution in [3.8, 4) is 0 Å². The molecular weight excluding hydrogens is 164 g/mol. The largest absolute Gasteiger partial charge is 0.481 e. The lowest BCUT2D eigenvalue weighted by atomic mass is 10.0. The summed E-state index contributed by atoms with van der Waals surface area (Å²) in [7, 11) is 0. The zero-order valence-electron chi connectivity index (χ0n) is 6.34. The van der Waals surface area contributed by atoms with E-state index in [-0.39, 0.29) is 13.2 Å². The molecule has 5 heteroatoms. The molecule has 0 spiro atoms. The van der Waals surface area contributed by atoms with Gasteiger partial charge < -0.3 is 19.7 Å². The highest BCUT2D eigenvalue weighted by molar-refractivity contribution is 5.71. The molecule has 2 heterocycles. The summed E-state index contributed by atoms with van der Waals surface area (Å²) in [4.78, 5) is 10.6.